The quantitative estimate of drug-likeness (QED) is 0.692. The van der Waals surface area contributed by atoms with Crippen LogP contribution in [0, 0.1) is 35.0 Å². The molecule has 2 bridgehead atoms. The Balaban J connectivity index is 1.90. The number of hydrogen-bond donors (Lipinski definition) is 2. The number of hydrogen-bond acceptors (Lipinski definition) is 2. The molecule has 25 heavy (non-hydrogen) atoms. The first kappa shape index (κ1) is 20.0. The fourth-order valence-electron chi connectivity index (χ4n) is 4.87. The number of amides is 2. The minimum atomic E-state index is -0.478. The van der Waals surface area contributed by atoms with E-state index in [4.69, 9.17) is 0 Å². The molecule has 3 saturated carbocycles. The summed E-state index contributed by atoms with van der Waals surface area (Å²) in [5.74, 6) is 2.81. The highest BCUT2D eigenvalue weighted by Crippen LogP contribution is 2.62. The van der Waals surface area contributed by atoms with Crippen LogP contribution >= 0.6 is 0 Å². The van der Waals surface area contributed by atoms with Crippen molar-refractivity contribution in [3.63, 3.8) is 0 Å². The molecule has 0 aliphatic heterocycles. The summed E-state index contributed by atoms with van der Waals surface area (Å²) < 4.78 is 0. The second-order valence-electron chi connectivity index (χ2n) is 9.40. The van der Waals surface area contributed by atoms with Gasteiger partial charge < -0.3 is 10.6 Å². The van der Waals surface area contributed by atoms with Gasteiger partial charge in [-0.15, -0.1) is 0 Å². The average molecular weight is 349 g/mol. The van der Waals surface area contributed by atoms with Crippen molar-refractivity contribution in [1.82, 2.24) is 10.6 Å². The third-order valence-corrected chi connectivity index (χ3v) is 6.77. The van der Waals surface area contributed by atoms with E-state index in [0.717, 1.165) is 18.4 Å². The molecule has 2 N–H and O–H groups in total. The topological polar surface area (TPSA) is 58.2 Å². The zero-order chi connectivity index (χ0) is 18.9. The van der Waals surface area contributed by atoms with E-state index in [1.807, 2.05) is 0 Å². The van der Waals surface area contributed by atoms with Gasteiger partial charge >= 0.3 is 0 Å². The van der Waals surface area contributed by atoms with E-state index >= 15 is 0 Å². The molecule has 0 aromatic heterocycles. The van der Waals surface area contributed by atoms with Crippen LogP contribution in [0.2, 0.25) is 0 Å². The van der Waals surface area contributed by atoms with Gasteiger partial charge in [0.05, 0.1) is 0 Å². The van der Waals surface area contributed by atoms with E-state index in [1.165, 1.54) is 12.8 Å². The van der Waals surface area contributed by atoms with Crippen molar-refractivity contribution >= 4 is 11.8 Å². The molecule has 3 aliphatic carbocycles. The Labute approximate surface area is 153 Å². The predicted octanol–water partition coefficient (Wildman–Crippen LogP) is 3.53. The van der Waals surface area contributed by atoms with Crippen LogP contribution in [0.3, 0.4) is 0 Å². The van der Waals surface area contributed by atoms with Crippen molar-refractivity contribution in [1.29, 1.82) is 0 Å². The third-order valence-electron chi connectivity index (χ3n) is 6.77. The van der Waals surface area contributed by atoms with Crippen molar-refractivity contribution in [2.75, 3.05) is 6.54 Å². The van der Waals surface area contributed by atoms with Gasteiger partial charge in [0, 0.05) is 12.1 Å². The Hall–Kier alpha value is -1.32. The van der Waals surface area contributed by atoms with Gasteiger partial charge in [0.1, 0.15) is 6.04 Å². The second-order valence-corrected chi connectivity index (χ2v) is 9.40. The van der Waals surface area contributed by atoms with E-state index in [2.05, 4.69) is 51.8 Å². The lowest BCUT2D eigenvalue weighted by Gasteiger charge is -2.62. The van der Waals surface area contributed by atoms with Crippen LogP contribution in [-0.2, 0) is 9.59 Å². The summed E-state index contributed by atoms with van der Waals surface area (Å²) in [6.07, 6.45) is 3.20. The monoisotopic (exact) mass is 348 g/mol. The summed E-state index contributed by atoms with van der Waals surface area (Å²) in [6, 6.07) is -0.478. The number of carbonyl (C=O) groups excluding carboxylic acids is 2. The molecule has 142 valence electrons. The molecule has 4 nitrogen and oxygen atoms in total. The molecule has 0 heterocycles. The Morgan fingerprint density at radius 2 is 1.88 bits per heavy atom. The first-order valence-corrected chi connectivity index (χ1v) is 9.78. The van der Waals surface area contributed by atoms with Gasteiger partial charge in [-0.2, -0.15) is 0 Å². The molecule has 4 heteroatoms. The summed E-state index contributed by atoms with van der Waals surface area (Å²) >= 11 is 0. The lowest BCUT2D eigenvalue weighted by molar-refractivity contribution is -0.134. The van der Waals surface area contributed by atoms with E-state index in [9.17, 15) is 9.59 Å². The zero-order valence-corrected chi connectivity index (χ0v) is 16.8. The van der Waals surface area contributed by atoms with Gasteiger partial charge in [0.15, 0.2) is 0 Å². The highest BCUT2D eigenvalue weighted by molar-refractivity contribution is 5.96. The first-order chi connectivity index (χ1) is 11.5. The van der Waals surface area contributed by atoms with E-state index < -0.39 is 6.04 Å². The number of nitrogens with one attached hydrogen (secondary N) is 2. The molecule has 0 aromatic carbocycles. The van der Waals surface area contributed by atoms with Crippen molar-refractivity contribution < 1.29 is 9.59 Å². The molecule has 3 fully saturated rings. The summed E-state index contributed by atoms with van der Waals surface area (Å²) in [7, 11) is 0. The third kappa shape index (κ3) is 4.27. The molecule has 0 saturated heterocycles. The SMILES string of the molecule is C=C(C)C(=O)N[C@@H](CC(C)C)C(=O)NC[C@H]1CC2CC(C1C)C2(C)C. The maximum atomic E-state index is 12.7. The fraction of sp³-hybridized carbons (Fsp3) is 0.810. The van der Waals surface area contributed by atoms with Gasteiger partial charge in [-0.05, 0) is 61.2 Å². The van der Waals surface area contributed by atoms with Crippen LogP contribution < -0.4 is 10.6 Å². The lowest BCUT2D eigenvalue weighted by Crippen LogP contribution is -2.57. The largest absolute Gasteiger partial charge is 0.354 e. The van der Waals surface area contributed by atoms with Crippen LogP contribution in [-0.4, -0.2) is 24.4 Å². The van der Waals surface area contributed by atoms with Crippen molar-refractivity contribution in [3.8, 4) is 0 Å². The minimum Gasteiger partial charge on any atom is -0.354 e. The molecule has 0 spiro atoms. The highest BCUT2D eigenvalue weighted by Gasteiger charge is 2.55. The fourth-order valence-corrected chi connectivity index (χ4v) is 4.87. The Kier molecular flexibility index (Phi) is 6.01. The van der Waals surface area contributed by atoms with Crippen LogP contribution in [0.5, 0.6) is 0 Å². The van der Waals surface area contributed by atoms with E-state index in [0.29, 0.717) is 35.2 Å². The van der Waals surface area contributed by atoms with Crippen LogP contribution in [0.4, 0.5) is 0 Å². The summed E-state index contributed by atoms with van der Waals surface area (Å²) in [5, 5.41) is 5.94. The normalized spacial score (nSPS) is 31.0. The summed E-state index contributed by atoms with van der Waals surface area (Å²) in [4.78, 5) is 24.6. The molecule has 3 aliphatic rings. The zero-order valence-electron chi connectivity index (χ0n) is 16.8. The average Bonchev–Trinajstić information content (AvgIpc) is 2.51. The Morgan fingerprint density at radius 3 is 2.36 bits per heavy atom. The van der Waals surface area contributed by atoms with Crippen molar-refractivity contribution in [2.45, 2.75) is 66.8 Å². The molecule has 5 atom stereocenters. The maximum absolute atomic E-state index is 12.7. The van der Waals surface area contributed by atoms with Crippen LogP contribution in [0.15, 0.2) is 12.2 Å². The predicted molar refractivity (Wildman–Crippen MR) is 102 cm³/mol. The van der Waals surface area contributed by atoms with Crippen LogP contribution in [0.1, 0.15) is 60.8 Å². The Morgan fingerprint density at radius 1 is 1.24 bits per heavy atom. The minimum absolute atomic E-state index is 0.0611. The van der Waals surface area contributed by atoms with E-state index in [1.54, 1.807) is 6.92 Å². The van der Waals surface area contributed by atoms with Gasteiger partial charge in [-0.25, -0.2) is 0 Å². The molecule has 3 rings (SSSR count). The first-order valence-electron chi connectivity index (χ1n) is 9.78. The molecule has 3 unspecified atom stereocenters. The lowest BCUT2D eigenvalue weighted by atomic mass is 9.43. The van der Waals surface area contributed by atoms with Crippen LogP contribution in [0.25, 0.3) is 0 Å². The molecule has 2 amide bonds. The number of fused-ring (bicyclic) bond motifs is 2. The van der Waals surface area contributed by atoms with Crippen molar-refractivity contribution in [3.05, 3.63) is 12.2 Å². The molecular formula is C21H36N2O2. The Bertz CT molecular complexity index is 538. The highest BCUT2D eigenvalue weighted by atomic mass is 16.2. The molecular weight excluding hydrogens is 312 g/mol. The maximum Gasteiger partial charge on any atom is 0.246 e. The van der Waals surface area contributed by atoms with Gasteiger partial charge in [-0.1, -0.05) is 41.2 Å². The van der Waals surface area contributed by atoms with Gasteiger partial charge in [-0.3, -0.25) is 9.59 Å². The molecule has 0 radical (unpaired) electrons. The standard InChI is InChI=1S/C21H36N2O2/c1-12(2)8-18(23-19(24)13(3)4)20(25)22-11-15-9-16-10-17(14(15)5)21(16,6)7/h12,14-18H,3,8-11H2,1-2,4-7H3,(H,22,25)(H,23,24)/t14?,15-,16?,17?,18+/m1/s1. The van der Waals surface area contributed by atoms with Crippen molar-refractivity contribution in [2.24, 2.45) is 35.0 Å². The molecule has 0 aromatic rings. The second kappa shape index (κ2) is 7.51. The summed E-state index contributed by atoms with van der Waals surface area (Å²) in [5.41, 5.74) is 0.903. The smallest absolute Gasteiger partial charge is 0.246 e. The number of rotatable bonds is 7. The summed E-state index contributed by atoms with van der Waals surface area (Å²) in [6.45, 7) is 17.3. The van der Waals surface area contributed by atoms with Gasteiger partial charge in [0.2, 0.25) is 11.8 Å². The van der Waals surface area contributed by atoms with Gasteiger partial charge in [0.25, 0.3) is 0 Å². The van der Waals surface area contributed by atoms with E-state index in [-0.39, 0.29) is 11.8 Å². The number of carbonyl (C=O) groups is 2.